The molecule has 0 aromatic carbocycles. The van der Waals surface area contributed by atoms with Crippen LogP contribution in [0.2, 0.25) is 0 Å². The quantitative estimate of drug-likeness (QED) is 0.752. The first kappa shape index (κ1) is 15.5. The van der Waals surface area contributed by atoms with E-state index in [0.717, 1.165) is 4.90 Å². The Hall–Kier alpha value is -2.42. The third-order valence-electron chi connectivity index (χ3n) is 3.93. The zero-order valence-electron chi connectivity index (χ0n) is 13.2. The normalized spacial score (nSPS) is 25.1. The van der Waals surface area contributed by atoms with Gasteiger partial charge >= 0.3 is 5.97 Å². The summed E-state index contributed by atoms with van der Waals surface area (Å²) in [6, 6.07) is 0. The number of aliphatic hydroxyl groups is 1. The molecule has 2 aliphatic rings. The second kappa shape index (κ2) is 4.79. The monoisotopic (exact) mass is 322 g/mol. The van der Waals surface area contributed by atoms with Gasteiger partial charge in [0, 0.05) is 12.5 Å². The van der Waals surface area contributed by atoms with Crippen molar-refractivity contribution in [3.05, 3.63) is 23.3 Å². The average molecular weight is 322 g/mol. The number of ether oxygens (including phenoxy) is 1. The number of allylic oxidation sites excluding steroid dienone is 1. The fourth-order valence-electron chi connectivity index (χ4n) is 2.84. The molecule has 0 spiro atoms. The van der Waals surface area contributed by atoms with Crippen molar-refractivity contribution in [1.29, 1.82) is 0 Å². The van der Waals surface area contributed by atoms with E-state index in [9.17, 15) is 19.8 Å². The number of hydrogen-bond donors (Lipinski definition) is 2. The summed E-state index contributed by atoms with van der Waals surface area (Å²) in [6.07, 6.45) is -0.530. The van der Waals surface area contributed by atoms with Gasteiger partial charge in [0.15, 0.2) is 11.9 Å². The van der Waals surface area contributed by atoms with Crippen molar-refractivity contribution in [2.75, 3.05) is 0 Å². The molecule has 124 valence electrons. The SMILES string of the molecule is Cn1cc([C@@H](O)[C@H]2C(=O)N3C(C(=O)O)=C(C(C)(C)C)O[C@H]23)nn1. The van der Waals surface area contributed by atoms with Gasteiger partial charge in [-0.3, -0.25) is 14.4 Å². The standard InChI is InChI=1S/C14H18N4O5/c1-14(2,3)10-8(13(21)22)18-11(20)7(12(18)23-10)9(19)6-5-17(4)16-15-6/h5,7,9,12,19H,1-4H3,(H,21,22)/t7-,9+,12+/m0/s1. The number of fused-ring (bicyclic) bond motifs is 1. The van der Waals surface area contributed by atoms with E-state index in [2.05, 4.69) is 10.3 Å². The second-order valence-corrected chi connectivity index (χ2v) is 6.74. The van der Waals surface area contributed by atoms with Crippen LogP contribution in [0.1, 0.15) is 32.6 Å². The molecule has 3 rings (SSSR count). The van der Waals surface area contributed by atoms with Crippen LogP contribution in [-0.2, 0) is 21.4 Å². The molecule has 1 aromatic rings. The van der Waals surface area contributed by atoms with Gasteiger partial charge in [-0.25, -0.2) is 4.79 Å². The average Bonchev–Trinajstić information content (AvgIpc) is 2.99. The molecule has 23 heavy (non-hydrogen) atoms. The summed E-state index contributed by atoms with van der Waals surface area (Å²) in [7, 11) is 1.64. The van der Waals surface area contributed by atoms with Gasteiger partial charge in [0.05, 0.1) is 6.20 Å². The molecule has 9 nitrogen and oxygen atoms in total. The van der Waals surface area contributed by atoms with Crippen LogP contribution >= 0.6 is 0 Å². The molecule has 0 radical (unpaired) electrons. The summed E-state index contributed by atoms with van der Waals surface area (Å²) < 4.78 is 7.13. The molecule has 0 aliphatic carbocycles. The first-order valence-electron chi connectivity index (χ1n) is 7.15. The molecule has 0 unspecified atom stereocenters. The summed E-state index contributed by atoms with van der Waals surface area (Å²) >= 11 is 0. The van der Waals surface area contributed by atoms with E-state index in [0.29, 0.717) is 0 Å². The lowest BCUT2D eigenvalue weighted by atomic mass is 9.88. The molecule has 0 bridgehead atoms. The van der Waals surface area contributed by atoms with Gasteiger partial charge in [0.1, 0.15) is 23.5 Å². The molecular formula is C14H18N4O5. The van der Waals surface area contributed by atoms with E-state index < -0.39 is 35.5 Å². The first-order valence-corrected chi connectivity index (χ1v) is 7.15. The number of hydrogen-bond acceptors (Lipinski definition) is 6. The highest BCUT2D eigenvalue weighted by molar-refractivity contribution is 5.98. The van der Waals surface area contributed by atoms with Crippen LogP contribution in [0.25, 0.3) is 0 Å². The Bertz CT molecular complexity index is 717. The van der Waals surface area contributed by atoms with Crippen LogP contribution in [0.15, 0.2) is 17.7 Å². The van der Waals surface area contributed by atoms with Gasteiger partial charge < -0.3 is 14.9 Å². The van der Waals surface area contributed by atoms with Crippen molar-refractivity contribution in [1.82, 2.24) is 19.9 Å². The van der Waals surface area contributed by atoms with Gasteiger partial charge in [-0.05, 0) is 0 Å². The van der Waals surface area contributed by atoms with Crippen LogP contribution in [-0.4, -0.2) is 48.2 Å². The number of β-lactam (4-membered cyclic amide) rings is 1. The third-order valence-corrected chi connectivity index (χ3v) is 3.93. The minimum absolute atomic E-state index is 0.157. The highest BCUT2D eigenvalue weighted by Crippen LogP contribution is 2.48. The van der Waals surface area contributed by atoms with Gasteiger partial charge in [0.2, 0.25) is 5.91 Å². The predicted octanol–water partition coefficient (Wildman–Crippen LogP) is 0.00550. The minimum atomic E-state index is -1.22. The number of carboxylic acid groups (broad SMARTS) is 1. The molecule has 1 fully saturated rings. The van der Waals surface area contributed by atoms with Crippen molar-refractivity contribution in [3.8, 4) is 0 Å². The Balaban J connectivity index is 1.91. The molecule has 1 saturated heterocycles. The molecule has 0 saturated carbocycles. The number of carboxylic acids is 1. The van der Waals surface area contributed by atoms with Crippen LogP contribution in [0, 0.1) is 11.3 Å². The number of rotatable bonds is 3. The fraction of sp³-hybridized carbons (Fsp3) is 0.571. The van der Waals surface area contributed by atoms with Crippen molar-refractivity contribution < 1.29 is 24.5 Å². The molecule has 3 heterocycles. The van der Waals surface area contributed by atoms with Crippen molar-refractivity contribution in [3.63, 3.8) is 0 Å². The summed E-state index contributed by atoms with van der Waals surface area (Å²) in [5.41, 5.74) is -0.488. The lowest BCUT2D eigenvalue weighted by Crippen LogP contribution is -2.61. The number of carbonyl (C=O) groups excluding carboxylic acids is 1. The lowest BCUT2D eigenvalue weighted by molar-refractivity contribution is -0.185. The lowest BCUT2D eigenvalue weighted by Gasteiger charge is -2.42. The highest BCUT2D eigenvalue weighted by Gasteiger charge is 2.61. The summed E-state index contributed by atoms with van der Waals surface area (Å²) in [5, 5.41) is 27.3. The largest absolute Gasteiger partial charge is 0.476 e. The Morgan fingerprint density at radius 1 is 1.43 bits per heavy atom. The van der Waals surface area contributed by atoms with Gasteiger partial charge in [-0.1, -0.05) is 26.0 Å². The van der Waals surface area contributed by atoms with Crippen molar-refractivity contribution >= 4 is 11.9 Å². The van der Waals surface area contributed by atoms with Crippen LogP contribution in [0.4, 0.5) is 0 Å². The number of aromatic nitrogens is 3. The maximum absolute atomic E-state index is 12.4. The molecule has 2 N–H and O–H groups in total. The van der Waals surface area contributed by atoms with E-state index in [1.165, 1.54) is 10.9 Å². The maximum atomic E-state index is 12.4. The summed E-state index contributed by atoms with van der Waals surface area (Å²) in [4.78, 5) is 25.0. The molecule has 3 atom stereocenters. The molecule has 9 heteroatoms. The predicted molar refractivity (Wildman–Crippen MR) is 75.3 cm³/mol. The number of aryl methyl sites for hydroxylation is 1. The van der Waals surface area contributed by atoms with E-state index in [1.54, 1.807) is 27.8 Å². The van der Waals surface area contributed by atoms with Crippen molar-refractivity contribution in [2.45, 2.75) is 33.1 Å². The van der Waals surface area contributed by atoms with E-state index in [1.807, 2.05) is 0 Å². The maximum Gasteiger partial charge on any atom is 0.356 e. The molecule has 2 aliphatic heterocycles. The van der Waals surface area contributed by atoms with Gasteiger partial charge in [0.25, 0.3) is 0 Å². The van der Waals surface area contributed by atoms with Crippen LogP contribution < -0.4 is 0 Å². The number of nitrogens with zero attached hydrogens (tertiary/aromatic N) is 4. The summed E-state index contributed by atoms with van der Waals surface area (Å²) in [5.74, 6) is -2.39. The number of amides is 1. The Morgan fingerprint density at radius 3 is 2.57 bits per heavy atom. The van der Waals surface area contributed by atoms with Crippen LogP contribution in [0.3, 0.4) is 0 Å². The molecule has 1 amide bonds. The third kappa shape index (κ3) is 2.19. The summed E-state index contributed by atoms with van der Waals surface area (Å²) in [6.45, 7) is 5.40. The number of aliphatic carboxylic acids is 1. The zero-order valence-corrected chi connectivity index (χ0v) is 13.2. The zero-order chi connectivity index (χ0) is 17.1. The minimum Gasteiger partial charge on any atom is -0.476 e. The van der Waals surface area contributed by atoms with E-state index >= 15 is 0 Å². The first-order chi connectivity index (χ1) is 10.6. The number of carbonyl (C=O) groups is 2. The smallest absolute Gasteiger partial charge is 0.356 e. The van der Waals surface area contributed by atoms with E-state index in [4.69, 9.17) is 4.74 Å². The Labute approximate surface area is 132 Å². The Kier molecular flexibility index (Phi) is 3.22. The number of aliphatic hydroxyl groups excluding tert-OH is 1. The second-order valence-electron chi connectivity index (χ2n) is 6.74. The van der Waals surface area contributed by atoms with Crippen molar-refractivity contribution in [2.24, 2.45) is 18.4 Å². The van der Waals surface area contributed by atoms with Gasteiger partial charge in [-0.2, -0.15) is 0 Å². The van der Waals surface area contributed by atoms with Gasteiger partial charge in [-0.15, -0.1) is 5.10 Å². The highest BCUT2D eigenvalue weighted by atomic mass is 16.5. The van der Waals surface area contributed by atoms with E-state index in [-0.39, 0.29) is 17.2 Å². The van der Waals surface area contributed by atoms with Crippen LogP contribution in [0.5, 0.6) is 0 Å². The Morgan fingerprint density at radius 2 is 2.09 bits per heavy atom. The topological polar surface area (TPSA) is 118 Å². The molecular weight excluding hydrogens is 304 g/mol. The molecule has 1 aromatic heterocycles. The fourth-order valence-corrected chi connectivity index (χ4v) is 2.84.